The topological polar surface area (TPSA) is 105 Å². The van der Waals surface area contributed by atoms with Gasteiger partial charge in [0.05, 0.1) is 17.7 Å². The highest BCUT2D eigenvalue weighted by Gasteiger charge is 2.71. The first-order chi connectivity index (χ1) is 23.7. The highest BCUT2D eigenvalue weighted by molar-refractivity contribution is 8.07. The third-order valence-corrected chi connectivity index (χ3v) is 16.1. The second-order valence-corrected chi connectivity index (χ2v) is 18.5. The molecular formula is C37H41ClFN4O5S2+. The summed E-state index contributed by atoms with van der Waals surface area (Å²) >= 11 is 7.34. The molecule has 0 aliphatic carbocycles. The van der Waals surface area contributed by atoms with Crippen molar-refractivity contribution >= 4 is 48.1 Å². The first kappa shape index (κ1) is 35.1. The first-order valence-electron chi connectivity index (χ1n) is 16.6. The van der Waals surface area contributed by atoms with E-state index in [1.54, 1.807) is 36.4 Å². The number of methoxy groups -OCH3 is 1. The fourth-order valence-electron chi connectivity index (χ4n) is 8.03. The minimum absolute atomic E-state index is 0.0795. The summed E-state index contributed by atoms with van der Waals surface area (Å²) in [6, 6.07) is 19.2. The quantitative estimate of drug-likeness (QED) is 0.164. The van der Waals surface area contributed by atoms with Gasteiger partial charge in [0.2, 0.25) is 0 Å². The molecule has 3 heterocycles. The summed E-state index contributed by atoms with van der Waals surface area (Å²) < 4.78 is 81.8. The molecule has 2 unspecified atom stereocenters. The van der Waals surface area contributed by atoms with Gasteiger partial charge in [0.1, 0.15) is 26.9 Å². The third-order valence-electron chi connectivity index (χ3n) is 10.9. The Morgan fingerprint density at radius 2 is 1.64 bits per heavy atom. The molecule has 3 aliphatic heterocycles. The Kier molecular flexibility index (Phi) is 8.70. The van der Waals surface area contributed by atoms with Crippen molar-refractivity contribution < 1.29 is 26.0 Å². The number of likely N-dealkylation sites (N-methyl/N-ethyl adjacent to an activating group) is 1. The number of piperidine rings is 1. The number of ether oxygens (including phenoxy) is 1. The Balaban J connectivity index is 1.67. The first-order valence-corrected chi connectivity index (χ1v) is 19.9. The monoisotopic (exact) mass is 739 g/mol. The van der Waals surface area contributed by atoms with Crippen molar-refractivity contribution in [1.82, 2.24) is 19.0 Å². The molecule has 3 aliphatic rings. The fraction of sp³-hybridized carbons (Fsp3) is 0.351. The van der Waals surface area contributed by atoms with Crippen LogP contribution in [0.5, 0.6) is 5.75 Å². The number of halogens is 2. The number of rotatable bonds is 7. The van der Waals surface area contributed by atoms with E-state index < -0.39 is 39.7 Å². The summed E-state index contributed by atoms with van der Waals surface area (Å²) in [6.07, 6.45) is 3.75. The molecule has 7 rings (SSSR count). The standard InChI is InChI=1S/C37H41ClFN4O5S2/c1-36(2)24-27(19-22-42(36)3)37(26-17-20-40-21-18-26)34-31(15-16-32(48-4)35(34)38)43(41-37,49(44,45)29-12-8-11-28(39)23-29)50(46,47)33-14-7-10-25-9-5-6-13-30(25)33/h5-16,19,23,26,40-41H,17-18,20-22,24H2,1-4H3/q+1. The summed E-state index contributed by atoms with van der Waals surface area (Å²) in [4.78, 5) is 1.51. The van der Waals surface area contributed by atoms with Gasteiger partial charge in [0.15, 0.2) is 5.69 Å². The van der Waals surface area contributed by atoms with Crippen LogP contribution in [-0.4, -0.2) is 61.1 Å². The van der Waals surface area contributed by atoms with Crippen LogP contribution in [0.25, 0.3) is 10.8 Å². The van der Waals surface area contributed by atoms with Gasteiger partial charge in [-0.2, -0.15) is 16.8 Å². The lowest BCUT2D eigenvalue weighted by atomic mass is 9.66. The lowest BCUT2D eigenvalue weighted by Gasteiger charge is -2.48. The van der Waals surface area contributed by atoms with E-state index in [0.29, 0.717) is 55.2 Å². The molecule has 1 saturated heterocycles. The maximum Gasteiger partial charge on any atom is 0.365 e. The van der Waals surface area contributed by atoms with Crippen LogP contribution < -0.4 is 18.9 Å². The van der Waals surface area contributed by atoms with Crippen LogP contribution in [0.4, 0.5) is 10.1 Å². The van der Waals surface area contributed by atoms with Crippen LogP contribution in [0.3, 0.4) is 0 Å². The van der Waals surface area contributed by atoms with Crippen molar-refractivity contribution in [3.63, 3.8) is 0 Å². The van der Waals surface area contributed by atoms with Crippen LogP contribution in [0.1, 0.15) is 38.7 Å². The number of nitrogens with zero attached hydrogens (tertiary/aromatic N) is 2. The van der Waals surface area contributed by atoms with E-state index >= 15 is 16.8 Å². The molecule has 2 N–H and O–H groups in total. The van der Waals surface area contributed by atoms with Crippen molar-refractivity contribution in [3.05, 3.63) is 107 Å². The molecule has 2 atom stereocenters. The van der Waals surface area contributed by atoms with Gasteiger partial charge in [-0.25, -0.2) is 4.39 Å². The Morgan fingerprint density at radius 1 is 0.940 bits per heavy atom. The largest absolute Gasteiger partial charge is 0.495 e. The zero-order valence-corrected chi connectivity index (χ0v) is 30.8. The number of sulfonamides is 2. The van der Waals surface area contributed by atoms with Gasteiger partial charge >= 0.3 is 20.0 Å². The fourth-order valence-corrected chi connectivity index (χ4v) is 13.1. The Hall–Kier alpha value is -3.36. The normalized spacial score (nSPS) is 24.6. The third kappa shape index (κ3) is 4.98. The van der Waals surface area contributed by atoms with E-state index in [0.717, 1.165) is 17.7 Å². The lowest BCUT2D eigenvalue weighted by Crippen LogP contribution is -2.69. The molecule has 0 saturated carbocycles. The van der Waals surface area contributed by atoms with Gasteiger partial charge in [-0.15, -0.1) is 5.43 Å². The van der Waals surface area contributed by atoms with E-state index in [2.05, 4.69) is 35.6 Å². The van der Waals surface area contributed by atoms with E-state index in [1.165, 1.54) is 37.4 Å². The van der Waals surface area contributed by atoms with Gasteiger partial charge < -0.3 is 10.1 Å². The Bertz CT molecular complexity index is 2250. The summed E-state index contributed by atoms with van der Waals surface area (Å²) in [7, 11) is -6.61. The number of fused-ring (bicyclic) bond motifs is 2. The molecule has 4 aromatic carbocycles. The minimum atomic E-state index is -5.09. The molecule has 0 spiro atoms. The average molecular weight is 740 g/mol. The van der Waals surface area contributed by atoms with E-state index in [9.17, 15) is 4.39 Å². The van der Waals surface area contributed by atoms with Crippen LogP contribution in [0.15, 0.2) is 100 Å². The minimum Gasteiger partial charge on any atom is -0.495 e. The van der Waals surface area contributed by atoms with Crippen LogP contribution in [-0.2, 0) is 25.6 Å². The number of nitrogens with one attached hydrogen (secondary N) is 2. The summed E-state index contributed by atoms with van der Waals surface area (Å²) in [5.41, 5.74) is 2.75. The molecule has 0 bridgehead atoms. The molecule has 9 nitrogen and oxygen atoms in total. The van der Waals surface area contributed by atoms with Crippen LogP contribution in [0.2, 0.25) is 5.02 Å². The second-order valence-electron chi connectivity index (χ2n) is 14.0. The maximum atomic E-state index is 15.9. The zero-order chi connectivity index (χ0) is 35.7. The highest BCUT2D eigenvalue weighted by atomic mass is 35.5. The summed E-state index contributed by atoms with van der Waals surface area (Å²) in [5, 5.41) is 4.50. The van der Waals surface area contributed by atoms with Crippen LogP contribution >= 0.6 is 11.6 Å². The van der Waals surface area contributed by atoms with Gasteiger partial charge in [-0.1, -0.05) is 60.1 Å². The van der Waals surface area contributed by atoms with E-state index in [1.807, 2.05) is 7.05 Å². The van der Waals surface area contributed by atoms with Gasteiger partial charge in [-0.05, 0) is 100 Å². The zero-order valence-electron chi connectivity index (χ0n) is 28.4. The average Bonchev–Trinajstić information content (AvgIpc) is 3.45. The lowest BCUT2D eigenvalue weighted by molar-refractivity contribution is 0.124. The highest BCUT2D eigenvalue weighted by Crippen LogP contribution is 2.61. The van der Waals surface area contributed by atoms with Crippen molar-refractivity contribution in [2.24, 2.45) is 5.92 Å². The number of hydrogen-bond donors (Lipinski definition) is 2. The number of quaternary nitrogens is 1. The predicted molar refractivity (Wildman–Crippen MR) is 194 cm³/mol. The van der Waals surface area contributed by atoms with Crippen molar-refractivity contribution in [2.75, 3.05) is 33.8 Å². The van der Waals surface area contributed by atoms with Crippen molar-refractivity contribution in [3.8, 4) is 5.75 Å². The number of hydrogen-bond acceptors (Lipinski definition) is 8. The van der Waals surface area contributed by atoms with Gasteiger partial charge in [-0.3, -0.25) is 4.90 Å². The molecule has 1 fully saturated rings. The summed E-state index contributed by atoms with van der Waals surface area (Å²) in [5.74, 6) is -0.824. The van der Waals surface area contributed by atoms with Crippen molar-refractivity contribution in [2.45, 2.75) is 54.0 Å². The molecule has 50 heavy (non-hydrogen) atoms. The molecule has 0 aromatic heterocycles. The second kappa shape index (κ2) is 12.4. The molecule has 264 valence electrons. The van der Waals surface area contributed by atoms with Gasteiger partial charge in [0, 0.05) is 26.9 Å². The molecule has 4 aromatic rings. The smallest absolute Gasteiger partial charge is 0.365 e. The van der Waals surface area contributed by atoms with E-state index in [4.69, 9.17) is 16.3 Å². The predicted octanol–water partition coefficient (Wildman–Crippen LogP) is 6.48. The Labute approximate surface area is 298 Å². The molecule has 13 heteroatoms. The molecular weight excluding hydrogens is 699 g/mol. The SMILES string of the molecule is COc1ccc2c(c1Cl)C(C1=CCN(C)C(C)(C)C1)(C1CCNCC1)N[N+]2(S(=O)(=O)c1cccc(F)c1)S(=O)(=O)c1cccc2ccccc12. The van der Waals surface area contributed by atoms with Gasteiger partial charge in [0.25, 0.3) is 0 Å². The number of benzene rings is 4. The van der Waals surface area contributed by atoms with Crippen molar-refractivity contribution in [1.29, 1.82) is 0 Å². The molecule has 0 amide bonds. The molecule has 0 radical (unpaired) electrons. The van der Waals surface area contributed by atoms with Crippen LogP contribution in [0, 0.1) is 11.7 Å². The maximum absolute atomic E-state index is 15.9. The summed E-state index contributed by atoms with van der Waals surface area (Å²) in [6.45, 7) is 6.03. The Morgan fingerprint density at radius 3 is 2.34 bits per heavy atom. The van der Waals surface area contributed by atoms with E-state index in [-0.39, 0.29) is 32.8 Å².